The molecule has 2 rings (SSSR count). The van der Waals surface area contributed by atoms with Gasteiger partial charge in [0.2, 0.25) is 0 Å². The van der Waals surface area contributed by atoms with Crippen molar-refractivity contribution in [3.63, 3.8) is 0 Å². The fourth-order valence-electron chi connectivity index (χ4n) is 1.30. The number of anilines is 1. The van der Waals surface area contributed by atoms with Crippen molar-refractivity contribution in [1.29, 1.82) is 0 Å². The number of thiophene rings is 1. The molecule has 0 saturated heterocycles. The van der Waals surface area contributed by atoms with Crippen LogP contribution in [0.5, 0.6) is 0 Å². The lowest BCUT2D eigenvalue weighted by atomic mass is 10.3. The largest absolute Gasteiger partial charge is 0.369 e. The first-order valence-electron chi connectivity index (χ1n) is 4.83. The summed E-state index contributed by atoms with van der Waals surface area (Å²) in [5, 5.41) is 5.41. The van der Waals surface area contributed by atoms with Crippen LogP contribution in [0.4, 0.5) is 5.82 Å². The Morgan fingerprint density at radius 1 is 1.38 bits per heavy atom. The molecule has 0 amide bonds. The molecule has 0 fully saturated rings. The summed E-state index contributed by atoms with van der Waals surface area (Å²) in [4.78, 5) is 5.68. The second kappa shape index (κ2) is 5.80. The van der Waals surface area contributed by atoms with E-state index in [1.165, 1.54) is 4.88 Å². The highest BCUT2D eigenvalue weighted by atomic mass is 79.9. The first-order chi connectivity index (χ1) is 7.75. The predicted molar refractivity (Wildman–Crippen MR) is 76.1 cm³/mol. The summed E-state index contributed by atoms with van der Waals surface area (Å²) in [6.07, 6.45) is 2.82. The Kier molecular flexibility index (Phi) is 4.37. The average Bonchev–Trinajstić information content (AvgIpc) is 2.74. The van der Waals surface area contributed by atoms with Gasteiger partial charge in [0.05, 0.1) is 4.47 Å². The molecule has 0 atom stereocenters. The molecular weight excluding hydrogens is 352 g/mol. The Morgan fingerprint density at radius 3 is 2.94 bits per heavy atom. The number of nitrogens with one attached hydrogen (secondary N) is 1. The number of hydrogen-bond donors (Lipinski definition) is 1. The Balaban J connectivity index is 1.90. The number of nitrogens with zero attached hydrogens (tertiary/aromatic N) is 1. The molecular formula is C11H10Br2N2S. The topological polar surface area (TPSA) is 24.9 Å². The van der Waals surface area contributed by atoms with Crippen molar-refractivity contribution in [3.8, 4) is 0 Å². The van der Waals surface area contributed by atoms with Crippen molar-refractivity contribution in [3.05, 3.63) is 43.6 Å². The van der Waals surface area contributed by atoms with Crippen LogP contribution in [-0.4, -0.2) is 11.5 Å². The SMILES string of the molecule is Brc1cnc(NCCc2cccs2)c(Br)c1. The Hall–Kier alpha value is -0.390. The average molecular weight is 362 g/mol. The summed E-state index contributed by atoms with van der Waals surface area (Å²) in [5.74, 6) is 0.889. The normalized spacial score (nSPS) is 10.4. The lowest BCUT2D eigenvalue weighted by Gasteiger charge is -2.06. The molecule has 0 spiro atoms. The molecule has 16 heavy (non-hydrogen) atoms. The minimum absolute atomic E-state index is 0.889. The van der Waals surface area contributed by atoms with Crippen LogP contribution in [0.1, 0.15) is 4.88 Å². The van der Waals surface area contributed by atoms with Gasteiger partial charge in [0.25, 0.3) is 0 Å². The Bertz CT molecular complexity index is 457. The van der Waals surface area contributed by atoms with Crippen LogP contribution < -0.4 is 5.32 Å². The molecule has 0 saturated carbocycles. The van der Waals surface area contributed by atoms with Crippen LogP contribution in [0.15, 0.2) is 38.7 Å². The van der Waals surface area contributed by atoms with E-state index in [-0.39, 0.29) is 0 Å². The summed E-state index contributed by atoms with van der Waals surface area (Å²) in [6, 6.07) is 6.21. The van der Waals surface area contributed by atoms with Gasteiger partial charge in [-0.2, -0.15) is 0 Å². The van der Waals surface area contributed by atoms with Gasteiger partial charge in [-0.15, -0.1) is 11.3 Å². The maximum atomic E-state index is 4.30. The molecule has 2 aromatic heterocycles. The number of aromatic nitrogens is 1. The summed E-state index contributed by atoms with van der Waals surface area (Å²) < 4.78 is 1.95. The second-order valence-corrected chi connectivity index (χ2v) is 6.04. The molecule has 2 nitrogen and oxygen atoms in total. The zero-order chi connectivity index (χ0) is 11.4. The van der Waals surface area contributed by atoms with Crippen molar-refractivity contribution >= 4 is 49.0 Å². The van der Waals surface area contributed by atoms with Gasteiger partial charge in [-0.25, -0.2) is 4.98 Å². The van der Waals surface area contributed by atoms with Crippen LogP contribution in [0.25, 0.3) is 0 Å². The standard InChI is InChI=1S/C11H10Br2N2S/c12-8-6-10(13)11(15-7-8)14-4-3-9-2-1-5-16-9/h1-2,5-7H,3-4H2,(H,14,15). The van der Waals surface area contributed by atoms with Crippen LogP contribution in [0.2, 0.25) is 0 Å². The summed E-state index contributed by atoms with van der Waals surface area (Å²) in [5.41, 5.74) is 0. The van der Waals surface area contributed by atoms with E-state index >= 15 is 0 Å². The third-order valence-electron chi connectivity index (χ3n) is 2.05. The molecule has 1 N–H and O–H groups in total. The van der Waals surface area contributed by atoms with Gasteiger partial charge >= 0.3 is 0 Å². The van der Waals surface area contributed by atoms with Gasteiger partial charge < -0.3 is 5.32 Å². The van der Waals surface area contributed by atoms with E-state index in [0.717, 1.165) is 27.7 Å². The van der Waals surface area contributed by atoms with E-state index in [1.54, 1.807) is 17.5 Å². The van der Waals surface area contributed by atoms with Gasteiger partial charge in [-0.05, 0) is 55.8 Å². The van der Waals surface area contributed by atoms with Gasteiger partial charge in [-0.1, -0.05) is 6.07 Å². The minimum atomic E-state index is 0.889. The fourth-order valence-corrected chi connectivity index (χ4v) is 3.14. The van der Waals surface area contributed by atoms with Crippen molar-refractivity contribution in [2.45, 2.75) is 6.42 Å². The van der Waals surface area contributed by atoms with E-state index in [1.807, 2.05) is 6.07 Å². The summed E-state index contributed by atoms with van der Waals surface area (Å²) >= 11 is 8.64. The molecule has 84 valence electrons. The third-order valence-corrected chi connectivity index (χ3v) is 4.03. The van der Waals surface area contributed by atoms with E-state index in [0.29, 0.717) is 0 Å². The molecule has 0 aliphatic carbocycles. The highest BCUT2D eigenvalue weighted by Crippen LogP contribution is 2.23. The van der Waals surface area contributed by atoms with Gasteiger partial charge in [0, 0.05) is 22.1 Å². The van der Waals surface area contributed by atoms with Crippen LogP contribution in [0.3, 0.4) is 0 Å². The van der Waals surface area contributed by atoms with E-state index < -0.39 is 0 Å². The maximum absolute atomic E-state index is 4.30. The molecule has 0 aliphatic rings. The third kappa shape index (κ3) is 3.30. The molecule has 0 aliphatic heterocycles. The molecule has 2 heterocycles. The summed E-state index contributed by atoms with van der Waals surface area (Å²) in [6.45, 7) is 0.897. The molecule has 0 aromatic carbocycles. The van der Waals surface area contributed by atoms with Crippen molar-refractivity contribution in [2.24, 2.45) is 0 Å². The minimum Gasteiger partial charge on any atom is -0.369 e. The summed E-state index contributed by atoms with van der Waals surface area (Å²) in [7, 11) is 0. The number of pyridine rings is 1. The van der Waals surface area contributed by atoms with E-state index in [4.69, 9.17) is 0 Å². The van der Waals surface area contributed by atoms with Gasteiger partial charge in [-0.3, -0.25) is 0 Å². The molecule has 5 heteroatoms. The van der Waals surface area contributed by atoms with E-state index in [9.17, 15) is 0 Å². The van der Waals surface area contributed by atoms with Gasteiger partial charge in [0.15, 0.2) is 0 Å². The zero-order valence-electron chi connectivity index (χ0n) is 8.41. The monoisotopic (exact) mass is 360 g/mol. The lowest BCUT2D eigenvalue weighted by molar-refractivity contribution is 1.02. The zero-order valence-corrected chi connectivity index (χ0v) is 12.4. The molecule has 0 radical (unpaired) electrons. The fraction of sp³-hybridized carbons (Fsp3) is 0.182. The number of halogens is 2. The highest BCUT2D eigenvalue weighted by Gasteiger charge is 2.01. The quantitative estimate of drug-likeness (QED) is 0.876. The van der Waals surface area contributed by atoms with E-state index in [2.05, 4.69) is 59.7 Å². The Labute approximate surface area is 115 Å². The second-order valence-electron chi connectivity index (χ2n) is 3.24. The molecule has 0 bridgehead atoms. The number of hydrogen-bond acceptors (Lipinski definition) is 3. The van der Waals surface area contributed by atoms with Crippen LogP contribution >= 0.6 is 43.2 Å². The number of rotatable bonds is 4. The Morgan fingerprint density at radius 2 is 2.25 bits per heavy atom. The smallest absolute Gasteiger partial charge is 0.140 e. The van der Waals surface area contributed by atoms with Gasteiger partial charge in [0.1, 0.15) is 5.82 Å². The lowest BCUT2D eigenvalue weighted by Crippen LogP contribution is -2.05. The highest BCUT2D eigenvalue weighted by molar-refractivity contribution is 9.11. The molecule has 2 aromatic rings. The maximum Gasteiger partial charge on any atom is 0.140 e. The van der Waals surface area contributed by atoms with Crippen molar-refractivity contribution in [2.75, 3.05) is 11.9 Å². The van der Waals surface area contributed by atoms with Crippen LogP contribution in [0, 0.1) is 0 Å². The van der Waals surface area contributed by atoms with Crippen LogP contribution in [-0.2, 0) is 6.42 Å². The first-order valence-corrected chi connectivity index (χ1v) is 7.29. The van der Waals surface area contributed by atoms with Crippen molar-refractivity contribution < 1.29 is 0 Å². The van der Waals surface area contributed by atoms with Crippen molar-refractivity contribution in [1.82, 2.24) is 4.98 Å². The molecule has 0 unspecified atom stereocenters. The first kappa shape index (κ1) is 12.1. The predicted octanol–water partition coefficient (Wildman–Crippen LogP) is 4.32.